The minimum atomic E-state index is -1.20. The van der Waals surface area contributed by atoms with Crippen molar-refractivity contribution in [2.24, 2.45) is 0 Å². The van der Waals surface area contributed by atoms with Gasteiger partial charge in [-0.3, -0.25) is 9.69 Å². The van der Waals surface area contributed by atoms with E-state index >= 15 is 0 Å². The van der Waals surface area contributed by atoms with Crippen LogP contribution in [0.1, 0.15) is 39.5 Å². The van der Waals surface area contributed by atoms with Crippen LogP contribution in [0.15, 0.2) is 0 Å². The van der Waals surface area contributed by atoms with Gasteiger partial charge in [-0.25, -0.2) is 0 Å². The van der Waals surface area contributed by atoms with Gasteiger partial charge in [-0.2, -0.15) is 0 Å². The molecule has 0 bridgehead atoms. The summed E-state index contributed by atoms with van der Waals surface area (Å²) in [6, 6.07) is 0.589. The first-order valence-electron chi connectivity index (χ1n) is 7.49. The number of carbonyl (C=O) groups excluding carboxylic acids is 1. The lowest BCUT2D eigenvalue weighted by Gasteiger charge is -2.43. The minimum absolute atomic E-state index is 0.0748. The predicted molar refractivity (Wildman–Crippen MR) is 74.9 cm³/mol. The summed E-state index contributed by atoms with van der Waals surface area (Å²) in [5, 5.41) is 16.8. The van der Waals surface area contributed by atoms with Gasteiger partial charge in [0.2, 0.25) is 0 Å². The van der Waals surface area contributed by atoms with Crippen LogP contribution >= 0.6 is 0 Å². The molecule has 2 heterocycles. The van der Waals surface area contributed by atoms with Crippen molar-refractivity contribution in [3.8, 4) is 0 Å². The Balaban J connectivity index is 1.96. The average Bonchev–Trinajstić information content (AvgIpc) is 2.39. The van der Waals surface area contributed by atoms with Gasteiger partial charge < -0.3 is 15.7 Å². The number of likely N-dealkylation sites (tertiary alicyclic amines) is 1. The van der Waals surface area contributed by atoms with Crippen molar-refractivity contribution in [3.63, 3.8) is 0 Å². The molecule has 5 heteroatoms. The van der Waals surface area contributed by atoms with Crippen LogP contribution in [0, 0.1) is 0 Å². The monoisotopic (exact) mass is 269 g/mol. The second-order valence-corrected chi connectivity index (χ2v) is 6.21. The molecule has 1 unspecified atom stereocenters. The van der Waals surface area contributed by atoms with Gasteiger partial charge in [-0.1, -0.05) is 0 Å². The third kappa shape index (κ3) is 3.68. The second-order valence-electron chi connectivity index (χ2n) is 6.21. The molecule has 110 valence electrons. The number of hydrogen-bond acceptors (Lipinski definition) is 4. The van der Waals surface area contributed by atoms with Crippen molar-refractivity contribution in [2.75, 3.05) is 26.2 Å². The Kier molecular flexibility index (Phi) is 4.81. The average molecular weight is 269 g/mol. The number of carbonyl (C=O) groups is 1. The fourth-order valence-electron chi connectivity index (χ4n) is 3.13. The van der Waals surface area contributed by atoms with E-state index < -0.39 is 5.60 Å². The van der Waals surface area contributed by atoms with Crippen LogP contribution in [0.3, 0.4) is 0 Å². The Morgan fingerprint density at radius 1 is 1.42 bits per heavy atom. The molecule has 0 aliphatic carbocycles. The number of amides is 1. The molecule has 0 saturated carbocycles. The lowest BCUT2D eigenvalue weighted by Crippen LogP contribution is -2.60. The lowest BCUT2D eigenvalue weighted by atomic mass is 9.89. The minimum Gasteiger partial charge on any atom is -0.379 e. The van der Waals surface area contributed by atoms with Gasteiger partial charge in [0.25, 0.3) is 5.91 Å². The van der Waals surface area contributed by atoms with Crippen molar-refractivity contribution in [2.45, 2.75) is 57.2 Å². The number of piperidine rings is 2. The lowest BCUT2D eigenvalue weighted by molar-refractivity contribution is -0.147. The van der Waals surface area contributed by atoms with Crippen molar-refractivity contribution in [3.05, 3.63) is 0 Å². The van der Waals surface area contributed by atoms with Gasteiger partial charge in [0, 0.05) is 18.6 Å². The molecule has 0 aromatic rings. The number of aliphatic hydroxyl groups is 1. The van der Waals surface area contributed by atoms with E-state index in [1.165, 1.54) is 0 Å². The van der Waals surface area contributed by atoms with Gasteiger partial charge in [-0.15, -0.1) is 0 Å². The maximum atomic E-state index is 12.2. The molecule has 5 nitrogen and oxygen atoms in total. The number of rotatable bonds is 3. The van der Waals surface area contributed by atoms with Crippen LogP contribution in [0.5, 0.6) is 0 Å². The van der Waals surface area contributed by atoms with E-state index in [-0.39, 0.29) is 11.9 Å². The Labute approximate surface area is 115 Å². The van der Waals surface area contributed by atoms with Crippen LogP contribution in [0.2, 0.25) is 0 Å². The van der Waals surface area contributed by atoms with E-state index in [0.29, 0.717) is 19.0 Å². The first kappa shape index (κ1) is 14.8. The highest BCUT2D eigenvalue weighted by molar-refractivity contribution is 5.85. The molecule has 19 heavy (non-hydrogen) atoms. The summed E-state index contributed by atoms with van der Waals surface area (Å²) in [5.41, 5.74) is -1.20. The molecule has 1 atom stereocenters. The number of hydrogen-bond donors (Lipinski definition) is 3. The topological polar surface area (TPSA) is 64.6 Å². The maximum absolute atomic E-state index is 12.2. The van der Waals surface area contributed by atoms with Crippen LogP contribution in [0.25, 0.3) is 0 Å². The van der Waals surface area contributed by atoms with Crippen LogP contribution < -0.4 is 10.6 Å². The first-order valence-corrected chi connectivity index (χ1v) is 7.49. The molecule has 0 aromatic carbocycles. The zero-order valence-corrected chi connectivity index (χ0v) is 12.1. The predicted octanol–water partition coefficient (Wildman–Crippen LogP) is 0.0899. The Bertz CT molecular complexity index is 316. The molecule has 2 fully saturated rings. The summed E-state index contributed by atoms with van der Waals surface area (Å²) < 4.78 is 0. The highest BCUT2D eigenvalue weighted by Crippen LogP contribution is 2.25. The van der Waals surface area contributed by atoms with Gasteiger partial charge >= 0.3 is 0 Å². The maximum Gasteiger partial charge on any atom is 0.253 e. The van der Waals surface area contributed by atoms with E-state index in [1.807, 2.05) is 13.8 Å². The molecule has 2 saturated heterocycles. The molecule has 2 aliphatic rings. The fraction of sp³-hybridized carbons (Fsp3) is 0.929. The molecule has 1 amide bonds. The summed E-state index contributed by atoms with van der Waals surface area (Å²) in [6.45, 7) is 7.41. The smallest absolute Gasteiger partial charge is 0.253 e. The van der Waals surface area contributed by atoms with E-state index in [0.717, 1.165) is 38.9 Å². The second kappa shape index (κ2) is 6.20. The fourth-order valence-corrected chi connectivity index (χ4v) is 3.13. The number of β-amino-alcohol motifs (C(OH)–C–C–N with tert-alkyl or cyclic N) is 1. The first-order chi connectivity index (χ1) is 9.01. The van der Waals surface area contributed by atoms with Crippen molar-refractivity contribution in [1.29, 1.82) is 0 Å². The normalized spacial score (nSPS) is 30.5. The molecule has 0 aromatic heterocycles. The highest BCUT2D eigenvalue weighted by Gasteiger charge is 2.42. The highest BCUT2D eigenvalue weighted by atomic mass is 16.3. The summed E-state index contributed by atoms with van der Waals surface area (Å²) in [5.74, 6) is -0.207. The van der Waals surface area contributed by atoms with E-state index in [2.05, 4.69) is 15.5 Å². The van der Waals surface area contributed by atoms with Gasteiger partial charge in [0.1, 0.15) is 0 Å². The largest absolute Gasteiger partial charge is 0.379 e. The zero-order chi connectivity index (χ0) is 13.9. The molecule has 2 aliphatic heterocycles. The van der Waals surface area contributed by atoms with E-state index in [9.17, 15) is 9.90 Å². The zero-order valence-electron chi connectivity index (χ0n) is 12.1. The summed E-state index contributed by atoms with van der Waals surface area (Å²) in [6.07, 6.45) is 3.70. The molecule has 0 spiro atoms. The van der Waals surface area contributed by atoms with Gasteiger partial charge in [-0.05, 0) is 59.2 Å². The SMILES string of the molecule is CC(C)NC(=O)C1(O)CCCN(C2CCNCC2)C1. The number of nitrogens with zero attached hydrogens (tertiary/aromatic N) is 1. The number of nitrogens with one attached hydrogen (secondary N) is 2. The van der Waals surface area contributed by atoms with Crippen LogP contribution in [0.4, 0.5) is 0 Å². The molecule has 3 N–H and O–H groups in total. The Morgan fingerprint density at radius 3 is 2.74 bits per heavy atom. The Hall–Kier alpha value is -0.650. The van der Waals surface area contributed by atoms with Gasteiger partial charge in [0.15, 0.2) is 5.60 Å². The van der Waals surface area contributed by atoms with Crippen molar-refractivity contribution in [1.82, 2.24) is 15.5 Å². The third-order valence-electron chi connectivity index (χ3n) is 4.17. The quantitative estimate of drug-likeness (QED) is 0.679. The van der Waals surface area contributed by atoms with Crippen LogP contribution in [-0.2, 0) is 4.79 Å². The molecule has 2 rings (SSSR count). The molecular weight excluding hydrogens is 242 g/mol. The van der Waals surface area contributed by atoms with E-state index in [4.69, 9.17) is 0 Å². The van der Waals surface area contributed by atoms with Crippen LogP contribution in [-0.4, -0.2) is 59.8 Å². The standard InChI is InChI=1S/C14H27N3O2/c1-11(2)16-13(18)14(19)6-3-9-17(10-14)12-4-7-15-8-5-12/h11-12,15,19H,3-10H2,1-2H3,(H,16,18). The van der Waals surface area contributed by atoms with E-state index in [1.54, 1.807) is 0 Å². The van der Waals surface area contributed by atoms with Crippen molar-refractivity contribution >= 4 is 5.91 Å². The molecule has 0 radical (unpaired) electrons. The third-order valence-corrected chi connectivity index (χ3v) is 4.17. The van der Waals surface area contributed by atoms with Crippen molar-refractivity contribution < 1.29 is 9.90 Å². The summed E-state index contributed by atoms with van der Waals surface area (Å²) in [4.78, 5) is 14.5. The summed E-state index contributed by atoms with van der Waals surface area (Å²) >= 11 is 0. The van der Waals surface area contributed by atoms with Gasteiger partial charge in [0.05, 0.1) is 0 Å². The summed E-state index contributed by atoms with van der Waals surface area (Å²) in [7, 11) is 0. The molecular formula is C14H27N3O2. The Morgan fingerprint density at radius 2 is 2.11 bits per heavy atom.